The van der Waals surface area contributed by atoms with Crippen LogP contribution in [0.2, 0.25) is 0 Å². The third kappa shape index (κ3) is 3.57. The summed E-state index contributed by atoms with van der Waals surface area (Å²) in [7, 11) is 0. The number of carbonyl (C=O) groups excluding carboxylic acids is 1. The van der Waals surface area contributed by atoms with E-state index < -0.39 is 0 Å². The van der Waals surface area contributed by atoms with Gasteiger partial charge in [-0.25, -0.2) is 4.39 Å². The van der Waals surface area contributed by atoms with Crippen molar-refractivity contribution in [2.75, 3.05) is 19.7 Å². The number of rotatable bonds is 3. The first-order chi connectivity index (χ1) is 11.2. The molecule has 0 saturated carbocycles. The van der Waals surface area contributed by atoms with Gasteiger partial charge in [0.25, 0.3) is 5.91 Å². The van der Waals surface area contributed by atoms with E-state index in [0.29, 0.717) is 31.8 Å². The Labute approximate surface area is 134 Å². The molecule has 3 rings (SSSR count). The van der Waals surface area contributed by atoms with Crippen LogP contribution in [0, 0.1) is 5.82 Å². The van der Waals surface area contributed by atoms with Crippen LogP contribution in [0.15, 0.2) is 48.5 Å². The van der Waals surface area contributed by atoms with Crippen LogP contribution in [-0.2, 0) is 11.3 Å². The summed E-state index contributed by atoms with van der Waals surface area (Å²) in [6.07, 6.45) is -0.225. The quantitative estimate of drug-likeness (QED) is 0.947. The summed E-state index contributed by atoms with van der Waals surface area (Å²) in [6, 6.07) is 13.5. The molecule has 0 aliphatic carbocycles. The maximum atomic E-state index is 13.0. The van der Waals surface area contributed by atoms with E-state index in [1.165, 1.54) is 12.1 Å². The van der Waals surface area contributed by atoms with Crippen molar-refractivity contribution >= 4 is 5.91 Å². The minimum Gasteiger partial charge on any atom is -0.370 e. The highest BCUT2D eigenvalue weighted by Gasteiger charge is 2.26. The fourth-order valence-corrected chi connectivity index (χ4v) is 2.68. The van der Waals surface area contributed by atoms with Crippen LogP contribution in [-0.4, -0.2) is 30.5 Å². The molecule has 0 bridgehead atoms. The van der Waals surface area contributed by atoms with E-state index in [-0.39, 0.29) is 17.8 Å². The van der Waals surface area contributed by atoms with Gasteiger partial charge in [-0.2, -0.15) is 0 Å². The standard InChI is InChI=1S/C18H19FN2O2/c19-16-7-5-14(6-8-16)17-12-21(9-10-23-17)18(22)15-3-1-13(11-20)2-4-15/h1-8,17H,9-12,20H2. The van der Waals surface area contributed by atoms with Gasteiger partial charge in [0.05, 0.1) is 13.2 Å². The van der Waals surface area contributed by atoms with E-state index in [0.717, 1.165) is 11.1 Å². The first-order valence-electron chi connectivity index (χ1n) is 7.63. The van der Waals surface area contributed by atoms with Gasteiger partial charge in [-0.1, -0.05) is 24.3 Å². The van der Waals surface area contributed by atoms with E-state index in [1.54, 1.807) is 29.2 Å². The summed E-state index contributed by atoms with van der Waals surface area (Å²) in [5.74, 6) is -0.304. The van der Waals surface area contributed by atoms with Crippen molar-refractivity contribution in [1.82, 2.24) is 4.90 Å². The van der Waals surface area contributed by atoms with Gasteiger partial charge >= 0.3 is 0 Å². The van der Waals surface area contributed by atoms with Crippen LogP contribution in [0.1, 0.15) is 27.6 Å². The lowest BCUT2D eigenvalue weighted by molar-refractivity contribution is -0.0228. The summed E-state index contributed by atoms with van der Waals surface area (Å²) in [5, 5.41) is 0. The number of nitrogens with two attached hydrogens (primary N) is 1. The van der Waals surface area contributed by atoms with Crippen LogP contribution < -0.4 is 5.73 Å². The third-order valence-electron chi connectivity index (χ3n) is 4.03. The Balaban J connectivity index is 1.72. The summed E-state index contributed by atoms with van der Waals surface area (Å²) < 4.78 is 18.8. The zero-order chi connectivity index (χ0) is 16.2. The van der Waals surface area contributed by atoms with Crippen LogP contribution in [0.25, 0.3) is 0 Å². The maximum absolute atomic E-state index is 13.0. The lowest BCUT2D eigenvalue weighted by Gasteiger charge is -2.33. The molecule has 1 atom stereocenters. The molecule has 1 aliphatic rings. The average Bonchev–Trinajstić information content (AvgIpc) is 2.62. The maximum Gasteiger partial charge on any atom is 0.254 e. The Hall–Kier alpha value is -2.24. The average molecular weight is 314 g/mol. The summed E-state index contributed by atoms with van der Waals surface area (Å²) >= 11 is 0. The van der Waals surface area contributed by atoms with Gasteiger partial charge in [-0.05, 0) is 35.4 Å². The highest BCUT2D eigenvalue weighted by atomic mass is 19.1. The Morgan fingerprint density at radius 1 is 1.17 bits per heavy atom. The Kier molecular flexibility index (Phi) is 4.69. The topological polar surface area (TPSA) is 55.6 Å². The molecule has 1 aliphatic heterocycles. The van der Waals surface area contributed by atoms with Crippen LogP contribution in [0.3, 0.4) is 0 Å². The number of amides is 1. The number of morpholine rings is 1. The number of benzene rings is 2. The van der Waals surface area contributed by atoms with Crippen molar-refractivity contribution in [1.29, 1.82) is 0 Å². The second-order valence-corrected chi connectivity index (χ2v) is 5.56. The van der Waals surface area contributed by atoms with E-state index in [4.69, 9.17) is 10.5 Å². The minimum atomic E-state index is -0.280. The predicted molar refractivity (Wildman–Crippen MR) is 85.3 cm³/mol. The highest BCUT2D eigenvalue weighted by Crippen LogP contribution is 2.23. The molecular formula is C18H19FN2O2. The normalized spacial score (nSPS) is 18.0. The van der Waals surface area contributed by atoms with Crippen molar-refractivity contribution in [2.24, 2.45) is 5.73 Å². The third-order valence-corrected chi connectivity index (χ3v) is 4.03. The molecule has 0 radical (unpaired) electrons. The molecule has 23 heavy (non-hydrogen) atoms. The highest BCUT2D eigenvalue weighted by molar-refractivity contribution is 5.94. The molecule has 5 heteroatoms. The zero-order valence-electron chi connectivity index (χ0n) is 12.7. The number of ether oxygens (including phenoxy) is 1. The fraction of sp³-hybridized carbons (Fsp3) is 0.278. The molecule has 1 saturated heterocycles. The lowest BCUT2D eigenvalue weighted by atomic mass is 10.1. The first-order valence-corrected chi connectivity index (χ1v) is 7.63. The molecule has 2 aromatic carbocycles. The Bertz CT molecular complexity index is 670. The van der Waals surface area contributed by atoms with Crippen LogP contribution in [0.4, 0.5) is 4.39 Å². The van der Waals surface area contributed by atoms with Crippen molar-refractivity contribution in [3.63, 3.8) is 0 Å². The van der Waals surface area contributed by atoms with Gasteiger partial charge in [0.2, 0.25) is 0 Å². The first kappa shape index (κ1) is 15.6. The number of hydrogen-bond donors (Lipinski definition) is 1. The monoisotopic (exact) mass is 314 g/mol. The minimum absolute atomic E-state index is 0.0241. The second kappa shape index (κ2) is 6.89. The molecule has 1 heterocycles. The van der Waals surface area contributed by atoms with Gasteiger partial charge in [-0.3, -0.25) is 4.79 Å². The van der Waals surface area contributed by atoms with Crippen molar-refractivity contribution in [2.45, 2.75) is 12.6 Å². The number of carbonyl (C=O) groups is 1. The van der Waals surface area contributed by atoms with Crippen LogP contribution in [0.5, 0.6) is 0 Å². The molecule has 0 aromatic heterocycles. The van der Waals surface area contributed by atoms with E-state index >= 15 is 0 Å². The van der Waals surface area contributed by atoms with E-state index in [1.807, 2.05) is 12.1 Å². The Morgan fingerprint density at radius 3 is 2.52 bits per heavy atom. The van der Waals surface area contributed by atoms with E-state index in [2.05, 4.69) is 0 Å². The van der Waals surface area contributed by atoms with Gasteiger partial charge in [0.15, 0.2) is 0 Å². The van der Waals surface area contributed by atoms with Crippen molar-refractivity contribution in [3.05, 3.63) is 71.0 Å². The summed E-state index contributed by atoms with van der Waals surface area (Å²) in [6.45, 7) is 1.94. The molecular weight excluding hydrogens is 295 g/mol. The van der Waals surface area contributed by atoms with Gasteiger partial charge < -0.3 is 15.4 Å². The van der Waals surface area contributed by atoms with Gasteiger partial charge in [0.1, 0.15) is 11.9 Å². The summed E-state index contributed by atoms with van der Waals surface area (Å²) in [5.41, 5.74) is 8.08. The SMILES string of the molecule is NCc1ccc(C(=O)N2CCOC(c3ccc(F)cc3)C2)cc1. The summed E-state index contributed by atoms with van der Waals surface area (Å²) in [4.78, 5) is 14.4. The van der Waals surface area contributed by atoms with Gasteiger partial charge in [0, 0.05) is 18.7 Å². The zero-order valence-corrected chi connectivity index (χ0v) is 12.7. The van der Waals surface area contributed by atoms with Gasteiger partial charge in [-0.15, -0.1) is 0 Å². The largest absolute Gasteiger partial charge is 0.370 e. The molecule has 1 unspecified atom stereocenters. The predicted octanol–water partition coefficient (Wildman–Crippen LogP) is 2.50. The number of nitrogens with zero attached hydrogens (tertiary/aromatic N) is 1. The van der Waals surface area contributed by atoms with Crippen molar-refractivity contribution in [3.8, 4) is 0 Å². The molecule has 1 fully saturated rings. The lowest BCUT2D eigenvalue weighted by Crippen LogP contribution is -2.42. The second-order valence-electron chi connectivity index (χ2n) is 5.56. The molecule has 4 nitrogen and oxygen atoms in total. The van der Waals surface area contributed by atoms with Crippen LogP contribution >= 0.6 is 0 Å². The van der Waals surface area contributed by atoms with E-state index in [9.17, 15) is 9.18 Å². The molecule has 1 amide bonds. The molecule has 120 valence electrons. The number of hydrogen-bond acceptors (Lipinski definition) is 3. The molecule has 0 spiro atoms. The number of halogens is 1. The molecule has 2 aromatic rings. The van der Waals surface area contributed by atoms with Crippen molar-refractivity contribution < 1.29 is 13.9 Å². The fourth-order valence-electron chi connectivity index (χ4n) is 2.68. The molecule has 2 N–H and O–H groups in total. The Morgan fingerprint density at radius 2 is 1.87 bits per heavy atom. The smallest absolute Gasteiger partial charge is 0.254 e.